The monoisotopic (exact) mass is 490 g/mol. The lowest BCUT2D eigenvalue weighted by atomic mass is 10.0. The predicted octanol–water partition coefficient (Wildman–Crippen LogP) is 6.20. The highest BCUT2D eigenvalue weighted by Crippen LogP contribution is 2.45. The summed E-state index contributed by atoms with van der Waals surface area (Å²) in [5.41, 5.74) is -0.756. The van der Waals surface area contributed by atoms with Gasteiger partial charge in [0, 0.05) is 30.6 Å². The second kappa shape index (κ2) is 9.41. The Labute approximate surface area is 197 Å². The van der Waals surface area contributed by atoms with Crippen molar-refractivity contribution in [2.24, 2.45) is 0 Å². The maximum Gasteiger partial charge on any atom is 0.416 e. The van der Waals surface area contributed by atoms with Crippen molar-refractivity contribution >= 4 is 34.8 Å². The maximum absolute atomic E-state index is 12.8. The number of urea groups is 1. The van der Waals surface area contributed by atoms with Crippen LogP contribution in [0, 0.1) is 0 Å². The highest BCUT2D eigenvalue weighted by molar-refractivity contribution is 7.15. The standard InChI is InChI=1S/C23H21F3N4O3S/c1-14(31)33-22(9-2-3-10-22)20-28-13-18(34-20)15-7-8-19(27-12-15)30-21(32)29-17-6-4-5-16(11-17)23(24,25)26/h4-8,11-13H,2-3,9-10H2,1H3,(H2,27,29,30,32). The number of amides is 2. The van der Waals surface area contributed by atoms with Gasteiger partial charge >= 0.3 is 18.2 Å². The molecule has 0 radical (unpaired) electrons. The minimum Gasteiger partial charge on any atom is -0.452 e. The molecule has 1 aliphatic carbocycles. The van der Waals surface area contributed by atoms with Crippen molar-refractivity contribution < 1.29 is 27.5 Å². The lowest BCUT2D eigenvalue weighted by molar-refractivity contribution is -0.157. The first-order valence-corrected chi connectivity index (χ1v) is 11.3. The molecule has 11 heteroatoms. The predicted molar refractivity (Wildman–Crippen MR) is 121 cm³/mol. The molecule has 2 heterocycles. The molecule has 2 N–H and O–H groups in total. The van der Waals surface area contributed by atoms with Crippen LogP contribution >= 0.6 is 11.3 Å². The van der Waals surface area contributed by atoms with E-state index in [0.717, 1.165) is 53.3 Å². The molecule has 2 amide bonds. The average molecular weight is 491 g/mol. The quantitative estimate of drug-likeness (QED) is 0.416. The van der Waals surface area contributed by atoms with Crippen LogP contribution in [0.15, 0.2) is 48.8 Å². The molecule has 1 saturated carbocycles. The highest BCUT2D eigenvalue weighted by atomic mass is 32.1. The van der Waals surface area contributed by atoms with Crippen LogP contribution in [-0.2, 0) is 21.3 Å². The fourth-order valence-corrected chi connectivity index (χ4v) is 4.95. The Kier molecular flexibility index (Phi) is 6.56. The van der Waals surface area contributed by atoms with Crippen LogP contribution in [0.4, 0.5) is 29.5 Å². The van der Waals surface area contributed by atoms with Gasteiger partial charge in [0.1, 0.15) is 10.8 Å². The summed E-state index contributed by atoms with van der Waals surface area (Å²) in [6, 6.07) is 6.96. The number of pyridine rings is 1. The lowest BCUT2D eigenvalue weighted by Crippen LogP contribution is -2.28. The molecule has 0 aliphatic heterocycles. The van der Waals surface area contributed by atoms with Crippen molar-refractivity contribution in [1.29, 1.82) is 0 Å². The Morgan fingerprint density at radius 3 is 2.47 bits per heavy atom. The van der Waals surface area contributed by atoms with E-state index in [2.05, 4.69) is 20.6 Å². The highest BCUT2D eigenvalue weighted by Gasteiger charge is 2.41. The van der Waals surface area contributed by atoms with Crippen LogP contribution in [0.1, 0.15) is 43.2 Å². The number of thiazole rings is 1. The fraction of sp³-hybridized carbons (Fsp3) is 0.304. The van der Waals surface area contributed by atoms with E-state index < -0.39 is 23.4 Å². The lowest BCUT2D eigenvalue weighted by Gasteiger charge is -2.25. The molecule has 0 saturated heterocycles. The number of aromatic nitrogens is 2. The summed E-state index contributed by atoms with van der Waals surface area (Å²) in [6.45, 7) is 1.40. The third kappa shape index (κ3) is 5.36. The molecular formula is C23H21F3N4O3S. The zero-order valence-corrected chi connectivity index (χ0v) is 18.9. The second-order valence-electron chi connectivity index (χ2n) is 7.91. The summed E-state index contributed by atoms with van der Waals surface area (Å²) in [7, 11) is 0. The summed E-state index contributed by atoms with van der Waals surface area (Å²) in [5.74, 6) is -0.107. The van der Waals surface area contributed by atoms with Gasteiger partial charge in [-0.15, -0.1) is 11.3 Å². The molecule has 178 valence electrons. The van der Waals surface area contributed by atoms with Gasteiger partial charge in [-0.1, -0.05) is 6.07 Å². The molecule has 3 aromatic rings. The average Bonchev–Trinajstić information content (AvgIpc) is 3.44. The van der Waals surface area contributed by atoms with Crippen LogP contribution in [0.5, 0.6) is 0 Å². The van der Waals surface area contributed by atoms with Crippen molar-refractivity contribution in [3.05, 3.63) is 59.4 Å². The van der Waals surface area contributed by atoms with Gasteiger partial charge in [-0.25, -0.2) is 14.8 Å². The molecule has 7 nitrogen and oxygen atoms in total. The van der Waals surface area contributed by atoms with Gasteiger partial charge in [-0.2, -0.15) is 13.2 Å². The van der Waals surface area contributed by atoms with Crippen LogP contribution in [-0.4, -0.2) is 22.0 Å². The summed E-state index contributed by atoms with van der Waals surface area (Å²) < 4.78 is 44.1. The SMILES string of the molecule is CC(=O)OC1(c2ncc(-c3ccc(NC(=O)Nc4cccc(C(F)(F)F)c4)nc3)s2)CCCC1. The van der Waals surface area contributed by atoms with E-state index >= 15 is 0 Å². The Balaban J connectivity index is 1.42. The van der Waals surface area contributed by atoms with Crippen molar-refractivity contribution in [2.45, 2.75) is 44.4 Å². The van der Waals surface area contributed by atoms with Gasteiger partial charge in [-0.05, 0) is 56.0 Å². The minimum absolute atomic E-state index is 0.00903. The van der Waals surface area contributed by atoms with Gasteiger partial charge in [0.2, 0.25) is 0 Å². The number of carbonyl (C=O) groups is 2. The number of anilines is 2. The van der Waals surface area contributed by atoms with Crippen LogP contribution in [0.25, 0.3) is 10.4 Å². The van der Waals surface area contributed by atoms with Crippen LogP contribution in [0.2, 0.25) is 0 Å². The molecular weight excluding hydrogens is 469 g/mol. The Bertz CT molecular complexity index is 1190. The van der Waals surface area contributed by atoms with Crippen molar-refractivity contribution in [1.82, 2.24) is 9.97 Å². The van der Waals surface area contributed by atoms with E-state index in [1.54, 1.807) is 24.5 Å². The van der Waals surface area contributed by atoms with Crippen LogP contribution < -0.4 is 10.6 Å². The van der Waals surface area contributed by atoms with E-state index in [1.807, 2.05) is 0 Å². The number of ether oxygens (including phenoxy) is 1. The summed E-state index contributed by atoms with van der Waals surface area (Å²) >= 11 is 1.43. The van der Waals surface area contributed by atoms with Gasteiger partial charge in [0.25, 0.3) is 0 Å². The van der Waals surface area contributed by atoms with E-state index in [1.165, 1.54) is 30.4 Å². The number of benzene rings is 1. The largest absolute Gasteiger partial charge is 0.452 e. The zero-order valence-electron chi connectivity index (χ0n) is 18.1. The third-order valence-electron chi connectivity index (χ3n) is 5.38. The molecule has 1 aliphatic rings. The van der Waals surface area contributed by atoms with Crippen molar-refractivity contribution in [3.63, 3.8) is 0 Å². The topological polar surface area (TPSA) is 93.2 Å². The number of hydrogen-bond acceptors (Lipinski definition) is 6. The number of carbonyl (C=O) groups excluding carboxylic acids is 2. The molecule has 2 aromatic heterocycles. The van der Waals surface area contributed by atoms with Gasteiger partial charge in [0.05, 0.1) is 10.4 Å². The number of hydrogen-bond donors (Lipinski definition) is 2. The van der Waals surface area contributed by atoms with Gasteiger partial charge < -0.3 is 10.1 Å². The number of esters is 1. The summed E-state index contributed by atoms with van der Waals surface area (Å²) in [6.07, 6.45) is 2.17. The molecule has 1 fully saturated rings. The van der Waals surface area contributed by atoms with Crippen LogP contribution in [0.3, 0.4) is 0 Å². The maximum atomic E-state index is 12.8. The first-order chi connectivity index (χ1) is 16.1. The molecule has 0 unspecified atom stereocenters. The third-order valence-corrected chi connectivity index (χ3v) is 6.61. The Morgan fingerprint density at radius 1 is 1.06 bits per heavy atom. The molecule has 34 heavy (non-hydrogen) atoms. The first-order valence-electron chi connectivity index (χ1n) is 10.5. The van der Waals surface area contributed by atoms with Gasteiger partial charge in [0.15, 0.2) is 5.60 Å². The molecule has 0 bridgehead atoms. The first kappa shape index (κ1) is 23.7. The summed E-state index contributed by atoms with van der Waals surface area (Å²) in [4.78, 5) is 33.3. The van der Waals surface area contributed by atoms with Crippen molar-refractivity contribution in [2.75, 3.05) is 10.6 Å². The number of rotatable bonds is 5. The molecule has 0 atom stereocenters. The van der Waals surface area contributed by atoms with E-state index in [4.69, 9.17) is 4.74 Å². The summed E-state index contributed by atoms with van der Waals surface area (Å²) in [5, 5.41) is 5.60. The normalized spacial score (nSPS) is 15.1. The number of nitrogens with one attached hydrogen (secondary N) is 2. The second-order valence-corrected chi connectivity index (χ2v) is 8.95. The Hall–Kier alpha value is -3.47. The number of nitrogens with zero attached hydrogens (tertiary/aromatic N) is 2. The fourth-order valence-electron chi connectivity index (χ4n) is 3.86. The number of alkyl halides is 3. The number of halogens is 3. The van der Waals surface area contributed by atoms with Gasteiger partial charge in [-0.3, -0.25) is 10.1 Å². The van der Waals surface area contributed by atoms with E-state index in [9.17, 15) is 22.8 Å². The minimum atomic E-state index is -4.50. The van der Waals surface area contributed by atoms with E-state index in [0.29, 0.717) is 0 Å². The van der Waals surface area contributed by atoms with Crippen molar-refractivity contribution in [3.8, 4) is 10.4 Å². The molecule has 1 aromatic carbocycles. The zero-order chi connectivity index (χ0) is 24.3. The molecule has 0 spiro atoms. The Morgan fingerprint density at radius 2 is 1.82 bits per heavy atom. The molecule has 4 rings (SSSR count). The smallest absolute Gasteiger partial charge is 0.416 e. The van der Waals surface area contributed by atoms with E-state index in [-0.39, 0.29) is 17.5 Å².